The number of nitrogens with one attached hydrogen (secondary N) is 1. The Morgan fingerprint density at radius 3 is 2.62 bits per heavy atom. The second-order valence-corrected chi connectivity index (χ2v) is 10.2. The smallest absolute Gasteiger partial charge is 0.272 e. The van der Waals surface area contributed by atoms with Crippen molar-refractivity contribution in [1.82, 2.24) is 15.2 Å². The molecule has 3 heterocycles. The number of ether oxygens (including phenoxy) is 1. The second kappa shape index (κ2) is 11.0. The SMILES string of the molecule is CC(C)C[C@H]1COc2ccccc2CCCCC2(CCN(C(=O)c3ccccn3)CC2)C(=O)N1. The Labute approximate surface area is 203 Å². The molecule has 0 bridgehead atoms. The fourth-order valence-electron chi connectivity index (χ4n) is 5.28. The number of para-hydroxylation sites is 1. The van der Waals surface area contributed by atoms with Crippen LogP contribution in [0.15, 0.2) is 48.7 Å². The van der Waals surface area contributed by atoms with Crippen LogP contribution in [0.2, 0.25) is 0 Å². The number of likely N-dealkylation sites (tertiary alicyclic amines) is 1. The van der Waals surface area contributed by atoms with Crippen LogP contribution in [-0.4, -0.2) is 47.4 Å². The lowest BCUT2D eigenvalue weighted by molar-refractivity contribution is -0.135. The van der Waals surface area contributed by atoms with E-state index in [0.29, 0.717) is 44.1 Å². The topological polar surface area (TPSA) is 71.5 Å². The molecular weight excluding hydrogens is 426 g/mol. The lowest BCUT2D eigenvalue weighted by Crippen LogP contribution is -2.53. The molecule has 1 N–H and O–H groups in total. The molecule has 0 radical (unpaired) electrons. The highest BCUT2D eigenvalue weighted by Gasteiger charge is 2.42. The highest BCUT2D eigenvalue weighted by Crippen LogP contribution is 2.38. The Balaban J connectivity index is 1.50. The van der Waals surface area contributed by atoms with Crippen LogP contribution >= 0.6 is 0 Å². The minimum Gasteiger partial charge on any atom is -0.491 e. The Morgan fingerprint density at radius 1 is 1.12 bits per heavy atom. The number of nitrogens with zero attached hydrogens (tertiary/aromatic N) is 2. The summed E-state index contributed by atoms with van der Waals surface area (Å²) in [5.41, 5.74) is 1.27. The zero-order valence-electron chi connectivity index (χ0n) is 20.5. The van der Waals surface area contributed by atoms with E-state index in [1.165, 1.54) is 5.56 Å². The highest BCUT2D eigenvalue weighted by molar-refractivity contribution is 5.92. The van der Waals surface area contributed by atoms with Crippen molar-refractivity contribution in [2.45, 2.75) is 64.8 Å². The van der Waals surface area contributed by atoms with Gasteiger partial charge in [0.25, 0.3) is 5.91 Å². The molecular formula is C28H37N3O3. The van der Waals surface area contributed by atoms with Gasteiger partial charge in [0.1, 0.15) is 18.1 Å². The van der Waals surface area contributed by atoms with Crippen molar-refractivity contribution in [3.8, 4) is 5.75 Å². The average Bonchev–Trinajstić information content (AvgIpc) is 2.85. The van der Waals surface area contributed by atoms with Crippen molar-refractivity contribution >= 4 is 11.8 Å². The number of piperidine rings is 1. The van der Waals surface area contributed by atoms with Crippen molar-refractivity contribution in [2.75, 3.05) is 19.7 Å². The maximum Gasteiger partial charge on any atom is 0.272 e. The first-order valence-corrected chi connectivity index (χ1v) is 12.7. The third-order valence-corrected chi connectivity index (χ3v) is 7.23. The van der Waals surface area contributed by atoms with Gasteiger partial charge in [0.15, 0.2) is 0 Å². The summed E-state index contributed by atoms with van der Waals surface area (Å²) in [5.74, 6) is 1.46. The van der Waals surface area contributed by atoms with E-state index in [0.717, 1.165) is 37.9 Å². The van der Waals surface area contributed by atoms with Crippen LogP contribution in [0.25, 0.3) is 0 Å². The molecule has 0 saturated carbocycles. The first-order chi connectivity index (χ1) is 16.5. The molecule has 0 aliphatic carbocycles. The molecule has 4 rings (SSSR count). The molecule has 182 valence electrons. The van der Waals surface area contributed by atoms with Gasteiger partial charge in [-0.15, -0.1) is 0 Å². The second-order valence-electron chi connectivity index (χ2n) is 10.2. The van der Waals surface area contributed by atoms with Gasteiger partial charge in [-0.25, -0.2) is 0 Å². The molecule has 2 aliphatic heterocycles. The number of hydrogen-bond donors (Lipinski definition) is 1. The first kappa shape index (κ1) is 24.2. The molecule has 2 aromatic rings. The standard InChI is InChI=1S/C28H37N3O3/c1-21(2)19-23-20-34-25-12-4-3-9-22(25)10-5-7-13-28(27(33)30-23)14-17-31(18-15-28)26(32)24-11-6-8-16-29-24/h3-4,6,8-9,11-12,16,21,23H,5,7,10,13-15,17-20H2,1-2H3,(H,30,33)/t23-/m0/s1. The van der Waals surface area contributed by atoms with E-state index in [1.807, 2.05) is 29.2 Å². The van der Waals surface area contributed by atoms with Crippen molar-refractivity contribution in [2.24, 2.45) is 11.3 Å². The largest absolute Gasteiger partial charge is 0.491 e. The molecule has 2 amide bonds. The molecule has 1 spiro atoms. The summed E-state index contributed by atoms with van der Waals surface area (Å²) in [4.78, 5) is 32.7. The van der Waals surface area contributed by atoms with E-state index in [-0.39, 0.29) is 17.9 Å². The fraction of sp³-hybridized carbons (Fsp3) is 0.536. The Morgan fingerprint density at radius 2 is 1.88 bits per heavy atom. The van der Waals surface area contributed by atoms with Crippen molar-refractivity contribution < 1.29 is 14.3 Å². The summed E-state index contributed by atoms with van der Waals surface area (Å²) >= 11 is 0. The molecule has 1 aromatic carbocycles. The molecule has 34 heavy (non-hydrogen) atoms. The van der Waals surface area contributed by atoms with Gasteiger partial charge in [0.2, 0.25) is 5.91 Å². The zero-order valence-corrected chi connectivity index (χ0v) is 20.5. The molecule has 1 saturated heterocycles. The minimum absolute atomic E-state index is 0.0370. The van der Waals surface area contributed by atoms with Crippen molar-refractivity contribution in [3.05, 3.63) is 59.9 Å². The maximum absolute atomic E-state index is 13.7. The van der Waals surface area contributed by atoms with Crippen LogP contribution in [0.4, 0.5) is 0 Å². The summed E-state index contributed by atoms with van der Waals surface area (Å²) in [7, 11) is 0. The molecule has 6 heteroatoms. The van der Waals surface area contributed by atoms with Crippen LogP contribution in [0.3, 0.4) is 0 Å². The van der Waals surface area contributed by atoms with E-state index in [2.05, 4.69) is 36.3 Å². The third-order valence-electron chi connectivity index (χ3n) is 7.23. The van der Waals surface area contributed by atoms with Crippen LogP contribution in [0.5, 0.6) is 5.75 Å². The Hall–Kier alpha value is -2.89. The van der Waals surface area contributed by atoms with E-state index >= 15 is 0 Å². The van der Waals surface area contributed by atoms with Gasteiger partial charge in [0, 0.05) is 19.3 Å². The number of amides is 2. The summed E-state index contributed by atoms with van der Waals surface area (Å²) in [6.07, 6.45) is 7.68. The average molecular weight is 464 g/mol. The van der Waals surface area contributed by atoms with Crippen LogP contribution in [-0.2, 0) is 11.2 Å². The summed E-state index contributed by atoms with van der Waals surface area (Å²) in [6, 6.07) is 13.6. The van der Waals surface area contributed by atoms with Gasteiger partial charge in [-0.1, -0.05) is 44.5 Å². The summed E-state index contributed by atoms with van der Waals surface area (Å²) < 4.78 is 6.22. The Bertz CT molecular complexity index is 968. The number of carbonyl (C=O) groups is 2. The highest BCUT2D eigenvalue weighted by atomic mass is 16.5. The number of rotatable bonds is 3. The van der Waals surface area contributed by atoms with Crippen molar-refractivity contribution in [3.63, 3.8) is 0 Å². The molecule has 0 unspecified atom stereocenters. The predicted molar refractivity (Wildman–Crippen MR) is 133 cm³/mol. The quantitative estimate of drug-likeness (QED) is 0.720. The number of aromatic nitrogens is 1. The zero-order chi connectivity index (χ0) is 24.0. The lowest BCUT2D eigenvalue weighted by atomic mass is 9.73. The van der Waals surface area contributed by atoms with E-state index < -0.39 is 5.41 Å². The van der Waals surface area contributed by atoms with E-state index in [4.69, 9.17) is 4.74 Å². The van der Waals surface area contributed by atoms with E-state index in [1.54, 1.807) is 12.3 Å². The molecule has 1 aromatic heterocycles. The molecule has 1 atom stereocenters. The third kappa shape index (κ3) is 5.78. The number of benzene rings is 1. The summed E-state index contributed by atoms with van der Waals surface area (Å²) in [5, 5.41) is 3.35. The number of pyridine rings is 1. The van der Waals surface area contributed by atoms with Gasteiger partial charge in [0.05, 0.1) is 11.5 Å². The van der Waals surface area contributed by atoms with Crippen LogP contribution < -0.4 is 10.1 Å². The van der Waals surface area contributed by atoms with Gasteiger partial charge in [-0.3, -0.25) is 14.6 Å². The summed E-state index contributed by atoms with van der Waals surface area (Å²) in [6.45, 7) is 5.98. The number of aryl methyl sites for hydroxylation is 1. The van der Waals surface area contributed by atoms with Gasteiger partial charge in [-0.2, -0.15) is 0 Å². The van der Waals surface area contributed by atoms with Gasteiger partial charge >= 0.3 is 0 Å². The molecule has 1 fully saturated rings. The van der Waals surface area contributed by atoms with Gasteiger partial charge < -0.3 is 15.0 Å². The van der Waals surface area contributed by atoms with Crippen LogP contribution in [0.1, 0.15) is 68.4 Å². The van der Waals surface area contributed by atoms with Crippen molar-refractivity contribution in [1.29, 1.82) is 0 Å². The minimum atomic E-state index is -0.436. The predicted octanol–water partition coefficient (Wildman–Crippen LogP) is 4.64. The molecule has 2 aliphatic rings. The van der Waals surface area contributed by atoms with E-state index in [9.17, 15) is 9.59 Å². The van der Waals surface area contributed by atoms with Crippen LogP contribution in [0, 0.1) is 11.3 Å². The fourth-order valence-corrected chi connectivity index (χ4v) is 5.28. The maximum atomic E-state index is 13.7. The molecule has 6 nitrogen and oxygen atoms in total. The Kier molecular flexibility index (Phi) is 7.86. The first-order valence-electron chi connectivity index (χ1n) is 12.7. The lowest BCUT2D eigenvalue weighted by Gasteiger charge is -2.41. The van der Waals surface area contributed by atoms with Gasteiger partial charge in [-0.05, 0) is 68.2 Å². The normalized spacial score (nSPS) is 21.1. The number of hydrogen-bond acceptors (Lipinski definition) is 4. The number of carbonyl (C=O) groups excluding carboxylic acids is 2. The monoisotopic (exact) mass is 463 g/mol. The number of fused-ring (bicyclic) bond motifs is 1.